The SMILES string of the molecule is COc1cccc(F)c1CNC(=O)c1cc(-c2ccc3nc(NC(C)=O)cn3n2)c(F)cc1O. The third-order valence-corrected chi connectivity index (χ3v) is 4.95. The van der Waals surface area contributed by atoms with Gasteiger partial charge in [-0.2, -0.15) is 5.10 Å². The fourth-order valence-electron chi connectivity index (χ4n) is 3.37. The highest BCUT2D eigenvalue weighted by Crippen LogP contribution is 2.29. The van der Waals surface area contributed by atoms with E-state index in [0.29, 0.717) is 5.65 Å². The van der Waals surface area contributed by atoms with Gasteiger partial charge >= 0.3 is 0 Å². The molecule has 3 N–H and O–H groups in total. The summed E-state index contributed by atoms with van der Waals surface area (Å²) < 4.78 is 35.3. The molecule has 34 heavy (non-hydrogen) atoms. The zero-order valence-corrected chi connectivity index (χ0v) is 18.1. The second-order valence-corrected chi connectivity index (χ2v) is 7.28. The smallest absolute Gasteiger partial charge is 0.255 e. The number of methoxy groups -OCH3 is 1. The molecule has 0 saturated heterocycles. The molecule has 0 spiro atoms. The summed E-state index contributed by atoms with van der Waals surface area (Å²) in [5.41, 5.74) is 0.411. The summed E-state index contributed by atoms with van der Waals surface area (Å²) in [6.45, 7) is 1.12. The molecule has 0 atom stereocenters. The van der Waals surface area contributed by atoms with Crippen LogP contribution in [0.5, 0.6) is 11.5 Å². The molecule has 4 aromatic rings. The van der Waals surface area contributed by atoms with Gasteiger partial charge in [-0.25, -0.2) is 18.3 Å². The Morgan fingerprint density at radius 2 is 1.94 bits per heavy atom. The Hall–Kier alpha value is -4.54. The van der Waals surface area contributed by atoms with Crippen LogP contribution in [0.4, 0.5) is 14.6 Å². The number of carbonyl (C=O) groups excluding carboxylic acids is 2. The number of aromatic hydroxyl groups is 1. The number of amides is 2. The van der Waals surface area contributed by atoms with Crippen LogP contribution in [0, 0.1) is 11.6 Å². The second kappa shape index (κ2) is 9.14. The maximum Gasteiger partial charge on any atom is 0.255 e. The number of phenolic OH excluding ortho intramolecular Hbond substituents is 1. The van der Waals surface area contributed by atoms with Crippen LogP contribution in [0.3, 0.4) is 0 Å². The molecule has 0 radical (unpaired) electrons. The Balaban J connectivity index is 1.63. The van der Waals surface area contributed by atoms with Crippen LogP contribution in [-0.2, 0) is 11.3 Å². The summed E-state index contributed by atoms with van der Waals surface area (Å²) >= 11 is 0. The van der Waals surface area contributed by atoms with Gasteiger partial charge in [-0.05, 0) is 30.3 Å². The lowest BCUT2D eigenvalue weighted by Crippen LogP contribution is -2.24. The standard InChI is InChI=1S/C23H19F2N5O4/c1-12(31)27-21-11-30-22(28-21)7-6-18(29-30)13-8-14(19(32)9-17(13)25)23(33)26-10-15-16(24)4-3-5-20(15)34-2/h3-9,11,32H,10H2,1-2H3,(H,26,33)(H,27,31). The van der Waals surface area contributed by atoms with Gasteiger partial charge in [0.25, 0.3) is 5.91 Å². The van der Waals surface area contributed by atoms with Crippen molar-refractivity contribution in [1.29, 1.82) is 0 Å². The molecule has 0 aliphatic carbocycles. The number of fused-ring (bicyclic) bond motifs is 1. The summed E-state index contributed by atoms with van der Waals surface area (Å²) in [6, 6.07) is 9.25. The minimum absolute atomic E-state index is 0.0527. The van der Waals surface area contributed by atoms with Crippen molar-refractivity contribution in [3.63, 3.8) is 0 Å². The number of anilines is 1. The average Bonchev–Trinajstić information content (AvgIpc) is 3.18. The zero-order chi connectivity index (χ0) is 24.4. The minimum Gasteiger partial charge on any atom is -0.507 e. The number of aromatic nitrogens is 3. The van der Waals surface area contributed by atoms with Crippen LogP contribution in [0.15, 0.2) is 48.7 Å². The zero-order valence-electron chi connectivity index (χ0n) is 18.1. The monoisotopic (exact) mass is 467 g/mol. The van der Waals surface area contributed by atoms with Crippen molar-refractivity contribution in [3.05, 3.63) is 71.4 Å². The van der Waals surface area contributed by atoms with E-state index in [1.807, 2.05) is 0 Å². The molecule has 11 heteroatoms. The van der Waals surface area contributed by atoms with Crippen molar-refractivity contribution in [2.75, 3.05) is 12.4 Å². The first-order valence-corrected chi connectivity index (χ1v) is 10.0. The van der Waals surface area contributed by atoms with Gasteiger partial charge in [0.1, 0.15) is 23.1 Å². The maximum atomic E-state index is 14.7. The van der Waals surface area contributed by atoms with Crippen molar-refractivity contribution in [2.45, 2.75) is 13.5 Å². The van der Waals surface area contributed by atoms with E-state index in [0.717, 1.165) is 12.1 Å². The van der Waals surface area contributed by atoms with Crippen LogP contribution in [0.25, 0.3) is 16.9 Å². The quantitative estimate of drug-likeness (QED) is 0.401. The Morgan fingerprint density at radius 1 is 1.15 bits per heavy atom. The van der Waals surface area contributed by atoms with E-state index in [2.05, 4.69) is 20.7 Å². The average molecular weight is 467 g/mol. The summed E-state index contributed by atoms with van der Waals surface area (Å²) in [6.07, 6.45) is 1.45. The lowest BCUT2D eigenvalue weighted by atomic mass is 10.0. The molecule has 0 unspecified atom stereocenters. The molecule has 174 valence electrons. The number of carbonyl (C=O) groups is 2. The number of nitrogens with one attached hydrogen (secondary N) is 2. The van der Waals surface area contributed by atoms with E-state index in [9.17, 15) is 23.5 Å². The summed E-state index contributed by atoms with van der Waals surface area (Å²) in [5.74, 6) is -2.50. The first-order valence-electron chi connectivity index (χ1n) is 10.0. The summed E-state index contributed by atoms with van der Waals surface area (Å²) in [7, 11) is 1.38. The largest absolute Gasteiger partial charge is 0.507 e. The molecule has 0 fully saturated rings. The van der Waals surface area contributed by atoms with Crippen molar-refractivity contribution in [2.24, 2.45) is 0 Å². The predicted molar refractivity (Wildman–Crippen MR) is 118 cm³/mol. The third-order valence-electron chi connectivity index (χ3n) is 4.95. The topological polar surface area (TPSA) is 118 Å². The van der Waals surface area contributed by atoms with Gasteiger partial charge in [-0.3, -0.25) is 9.59 Å². The number of phenols is 1. The van der Waals surface area contributed by atoms with Crippen molar-refractivity contribution in [1.82, 2.24) is 19.9 Å². The fourth-order valence-corrected chi connectivity index (χ4v) is 3.37. The minimum atomic E-state index is -0.807. The first-order chi connectivity index (χ1) is 16.3. The highest BCUT2D eigenvalue weighted by molar-refractivity contribution is 5.98. The molecule has 9 nitrogen and oxygen atoms in total. The summed E-state index contributed by atoms with van der Waals surface area (Å²) in [5, 5.41) is 19.5. The first kappa shape index (κ1) is 22.6. The predicted octanol–water partition coefficient (Wildman–Crippen LogP) is 3.28. The van der Waals surface area contributed by atoms with Crippen LogP contribution in [0.1, 0.15) is 22.8 Å². The Kier molecular flexibility index (Phi) is 6.09. The molecular weight excluding hydrogens is 448 g/mol. The highest BCUT2D eigenvalue weighted by atomic mass is 19.1. The number of hydrogen-bond donors (Lipinski definition) is 3. The molecule has 4 rings (SSSR count). The highest BCUT2D eigenvalue weighted by Gasteiger charge is 2.19. The Bertz CT molecular complexity index is 1420. The molecule has 2 amide bonds. The van der Waals surface area contributed by atoms with Gasteiger partial charge < -0.3 is 20.5 Å². The van der Waals surface area contributed by atoms with Crippen LogP contribution in [-0.4, -0.2) is 38.6 Å². The lowest BCUT2D eigenvalue weighted by Gasteiger charge is -2.12. The number of halogens is 2. The molecule has 0 saturated carbocycles. The molecule has 2 aromatic heterocycles. The molecule has 0 aliphatic rings. The van der Waals surface area contributed by atoms with Gasteiger partial charge in [0, 0.05) is 30.7 Å². The number of benzene rings is 2. The molecule has 0 aliphatic heterocycles. The van der Waals surface area contributed by atoms with E-state index < -0.39 is 23.3 Å². The van der Waals surface area contributed by atoms with Crippen molar-refractivity contribution in [3.8, 4) is 22.8 Å². The molecule has 0 bridgehead atoms. The maximum absolute atomic E-state index is 14.7. The molecule has 2 heterocycles. The number of nitrogens with zero attached hydrogens (tertiary/aromatic N) is 3. The third kappa shape index (κ3) is 4.49. The van der Waals surface area contributed by atoms with Crippen LogP contribution in [0.2, 0.25) is 0 Å². The number of ether oxygens (including phenoxy) is 1. The molecule has 2 aromatic carbocycles. The number of hydrogen-bond acceptors (Lipinski definition) is 6. The van der Waals surface area contributed by atoms with E-state index >= 15 is 0 Å². The van der Waals surface area contributed by atoms with E-state index in [4.69, 9.17) is 4.74 Å². The van der Waals surface area contributed by atoms with Crippen LogP contribution >= 0.6 is 0 Å². The van der Waals surface area contributed by atoms with Gasteiger partial charge in [-0.1, -0.05) is 6.07 Å². The van der Waals surface area contributed by atoms with E-state index in [1.165, 1.54) is 42.9 Å². The number of rotatable bonds is 6. The normalized spacial score (nSPS) is 10.8. The van der Waals surface area contributed by atoms with Gasteiger partial charge in [0.05, 0.1) is 24.6 Å². The van der Waals surface area contributed by atoms with Gasteiger partial charge in [0.15, 0.2) is 11.5 Å². The summed E-state index contributed by atoms with van der Waals surface area (Å²) in [4.78, 5) is 28.1. The van der Waals surface area contributed by atoms with Gasteiger partial charge in [0.2, 0.25) is 5.91 Å². The lowest BCUT2D eigenvalue weighted by molar-refractivity contribution is -0.114. The van der Waals surface area contributed by atoms with Crippen LogP contribution < -0.4 is 15.4 Å². The fraction of sp³-hybridized carbons (Fsp3) is 0.130. The van der Waals surface area contributed by atoms with Gasteiger partial charge in [-0.15, -0.1) is 0 Å². The van der Waals surface area contributed by atoms with E-state index in [-0.39, 0.29) is 46.4 Å². The number of imidazole rings is 1. The van der Waals surface area contributed by atoms with Crippen molar-refractivity contribution < 1.29 is 28.2 Å². The Labute approximate surface area is 192 Å². The molecular formula is C23H19F2N5O4. The van der Waals surface area contributed by atoms with E-state index in [1.54, 1.807) is 12.1 Å². The van der Waals surface area contributed by atoms with Crippen molar-refractivity contribution >= 4 is 23.3 Å². The second-order valence-electron chi connectivity index (χ2n) is 7.28. The Morgan fingerprint density at radius 3 is 2.68 bits per heavy atom.